The smallest absolute Gasteiger partial charge is 0.230 e. The lowest BCUT2D eigenvalue weighted by Gasteiger charge is -2.16. The molecule has 146 valence electrons. The molecule has 1 N–H and O–H groups in total. The molecule has 0 atom stereocenters. The highest BCUT2D eigenvalue weighted by molar-refractivity contribution is 7.98. The fourth-order valence-corrected chi connectivity index (χ4v) is 4.06. The van der Waals surface area contributed by atoms with Crippen LogP contribution in [0.4, 0.5) is 0 Å². The van der Waals surface area contributed by atoms with Crippen molar-refractivity contribution in [3.05, 3.63) is 41.2 Å². The highest BCUT2D eigenvalue weighted by Gasteiger charge is 2.51. The number of hydrogen-bond donors (Lipinski definition) is 1. The maximum absolute atomic E-state index is 12.8. The first-order chi connectivity index (χ1) is 13.0. The molecule has 1 aliphatic carbocycles. The van der Waals surface area contributed by atoms with E-state index in [1.165, 1.54) is 5.56 Å². The van der Waals surface area contributed by atoms with Crippen molar-refractivity contribution in [2.75, 3.05) is 12.8 Å². The molecule has 1 aliphatic rings. The van der Waals surface area contributed by atoms with Crippen LogP contribution in [0.25, 0.3) is 0 Å². The number of aryl methyl sites for hydroxylation is 2. The summed E-state index contributed by atoms with van der Waals surface area (Å²) in [5, 5.41) is 12.8. The number of rotatable bonds is 9. The Morgan fingerprint density at radius 2 is 2.11 bits per heavy atom. The van der Waals surface area contributed by atoms with Gasteiger partial charge >= 0.3 is 0 Å². The van der Waals surface area contributed by atoms with Gasteiger partial charge in [0.25, 0.3) is 0 Å². The SMILES string of the molecule is CSc1nnc(CCCNC(=O)C2(c3cccc(C)c3)CC2)n1CC(C)C. The first kappa shape index (κ1) is 19.9. The first-order valence-electron chi connectivity index (χ1n) is 9.78. The van der Waals surface area contributed by atoms with Crippen LogP contribution in [-0.4, -0.2) is 33.5 Å². The zero-order valence-corrected chi connectivity index (χ0v) is 17.6. The molecule has 1 fully saturated rings. The zero-order valence-electron chi connectivity index (χ0n) is 16.8. The van der Waals surface area contributed by atoms with Crippen molar-refractivity contribution in [2.45, 2.75) is 63.6 Å². The lowest BCUT2D eigenvalue weighted by Crippen LogP contribution is -2.35. The number of amides is 1. The second-order valence-electron chi connectivity index (χ2n) is 7.92. The fraction of sp³-hybridized carbons (Fsp3) is 0.571. The topological polar surface area (TPSA) is 59.8 Å². The molecular weight excluding hydrogens is 356 g/mol. The van der Waals surface area contributed by atoms with Crippen LogP contribution in [0.15, 0.2) is 29.4 Å². The van der Waals surface area contributed by atoms with Crippen molar-refractivity contribution in [3.8, 4) is 0 Å². The zero-order chi connectivity index (χ0) is 19.4. The summed E-state index contributed by atoms with van der Waals surface area (Å²) in [6.07, 6.45) is 5.63. The summed E-state index contributed by atoms with van der Waals surface area (Å²) in [5.41, 5.74) is 2.07. The Morgan fingerprint density at radius 3 is 2.74 bits per heavy atom. The Balaban J connectivity index is 1.54. The third-order valence-corrected chi connectivity index (χ3v) is 5.81. The summed E-state index contributed by atoms with van der Waals surface area (Å²) in [4.78, 5) is 12.8. The third-order valence-electron chi connectivity index (χ3n) is 5.14. The standard InChI is InChI=1S/C21H30N4OS/c1-15(2)14-25-18(23-24-20(25)27-4)9-6-12-22-19(26)21(10-11-21)17-8-5-7-16(3)13-17/h5,7-8,13,15H,6,9-12,14H2,1-4H3,(H,22,26). The van der Waals surface area contributed by atoms with E-state index in [4.69, 9.17) is 0 Å². The van der Waals surface area contributed by atoms with Crippen LogP contribution in [0.3, 0.4) is 0 Å². The predicted octanol–water partition coefficient (Wildman–Crippen LogP) is 3.75. The van der Waals surface area contributed by atoms with Crippen LogP contribution in [0, 0.1) is 12.8 Å². The molecular formula is C21H30N4OS. The number of nitrogens with zero attached hydrogens (tertiary/aromatic N) is 3. The monoisotopic (exact) mass is 386 g/mol. The van der Waals surface area contributed by atoms with Gasteiger partial charge in [0.1, 0.15) is 5.82 Å². The normalized spacial score (nSPS) is 15.1. The quantitative estimate of drug-likeness (QED) is 0.527. The van der Waals surface area contributed by atoms with E-state index in [1.54, 1.807) is 11.8 Å². The summed E-state index contributed by atoms with van der Waals surface area (Å²) in [7, 11) is 0. The molecule has 0 radical (unpaired) electrons. The van der Waals surface area contributed by atoms with Gasteiger partial charge in [0, 0.05) is 19.5 Å². The van der Waals surface area contributed by atoms with Gasteiger partial charge in [-0.1, -0.05) is 55.4 Å². The van der Waals surface area contributed by atoms with E-state index in [-0.39, 0.29) is 11.3 Å². The number of hydrogen-bond acceptors (Lipinski definition) is 4. The second-order valence-corrected chi connectivity index (χ2v) is 8.69. The molecule has 1 aromatic carbocycles. The molecule has 1 aromatic heterocycles. The molecule has 0 unspecified atom stereocenters. The Labute approximate surface area is 166 Å². The van der Waals surface area contributed by atoms with Crippen molar-refractivity contribution in [2.24, 2.45) is 5.92 Å². The van der Waals surface area contributed by atoms with Gasteiger partial charge in [-0.3, -0.25) is 4.79 Å². The van der Waals surface area contributed by atoms with E-state index < -0.39 is 0 Å². The predicted molar refractivity (Wildman–Crippen MR) is 110 cm³/mol. The maximum Gasteiger partial charge on any atom is 0.230 e. The lowest BCUT2D eigenvalue weighted by atomic mass is 9.93. The molecule has 1 heterocycles. The highest BCUT2D eigenvalue weighted by Crippen LogP contribution is 2.48. The lowest BCUT2D eigenvalue weighted by molar-refractivity contribution is -0.123. The number of nitrogens with one attached hydrogen (secondary N) is 1. The molecule has 0 spiro atoms. The van der Waals surface area contributed by atoms with Gasteiger partial charge in [0.2, 0.25) is 5.91 Å². The van der Waals surface area contributed by atoms with Crippen LogP contribution < -0.4 is 5.32 Å². The summed E-state index contributed by atoms with van der Waals surface area (Å²) in [6, 6.07) is 8.35. The summed E-state index contributed by atoms with van der Waals surface area (Å²) < 4.78 is 2.21. The van der Waals surface area contributed by atoms with Gasteiger partial charge in [-0.25, -0.2) is 0 Å². The maximum atomic E-state index is 12.8. The molecule has 27 heavy (non-hydrogen) atoms. The van der Waals surface area contributed by atoms with Gasteiger partial charge in [0.15, 0.2) is 5.16 Å². The number of carbonyl (C=O) groups excluding carboxylic acids is 1. The molecule has 6 heteroatoms. The van der Waals surface area contributed by atoms with E-state index in [2.05, 4.69) is 59.1 Å². The Morgan fingerprint density at radius 1 is 1.33 bits per heavy atom. The van der Waals surface area contributed by atoms with Crippen LogP contribution in [0.5, 0.6) is 0 Å². The third kappa shape index (κ3) is 4.54. The minimum atomic E-state index is -0.296. The number of aromatic nitrogens is 3. The second kappa shape index (κ2) is 8.46. The molecule has 1 amide bonds. The highest BCUT2D eigenvalue weighted by atomic mass is 32.2. The van der Waals surface area contributed by atoms with Crippen molar-refractivity contribution >= 4 is 17.7 Å². The Hall–Kier alpha value is -1.82. The van der Waals surface area contributed by atoms with Gasteiger partial charge < -0.3 is 9.88 Å². The van der Waals surface area contributed by atoms with E-state index in [0.29, 0.717) is 12.5 Å². The van der Waals surface area contributed by atoms with Crippen LogP contribution >= 0.6 is 11.8 Å². The largest absolute Gasteiger partial charge is 0.355 e. The molecule has 1 saturated carbocycles. The van der Waals surface area contributed by atoms with E-state index in [9.17, 15) is 4.79 Å². The van der Waals surface area contributed by atoms with Crippen molar-refractivity contribution in [1.82, 2.24) is 20.1 Å². The fourth-order valence-electron chi connectivity index (χ4n) is 3.54. The first-order valence-corrected chi connectivity index (χ1v) is 11.0. The van der Waals surface area contributed by atoms with Gasteiger partial charge in [-0.2, -0.15) is 0 Å². The number of benzene rings is 1. The van der Waals surface area contributed by atoms with E-state index in [0.717, 1.165) is 48.8 Å². The number of thioether (sulfide) groups is 1. The van der Waals surface area contributed by atoms with E-state index >= 15 is 0 Å². The van der Waals surface area contributed by atoms with Gasteiger partial charge in [-0.15, -0.1) is 10.2 Å². The van der Waals surface area contributed by atoms with Gasteiger partial charge in [-0.05, 0) is 43.9 Å². The molecule has 0 bridgehead atoms. The molecule has 0 saturated heterocycles. The summed E-state index contributed by atoms with van der Waals surface area (Å²) in [5.74, 6) is 1.73. The Bertz CT molecular complexity index is 795. The average Bonchev–Trinajstić information content (AvgIpc) is 3.37. The van der Waals surface area contributed by atoms with Gasteiger partial charge in [0.05, 0.1) is 5.41 Å². The van der Waals surface area contributed by atoms with Crippen LogP contribution in [0.2, 0.25) is 0 Å². The average molecular weight is 387 g/mol. The van der Waals surface area contributed by atoms with E-state index in [1.807, 2.05) is 12.3 Å². The Kier molecular flexibility index (Phi) is 6.25. The van der Waals surface area contributed by atoms with Crippen molar-refractivity contribution in [1.29, 1.82) is 0 Å². The van der Waals surface area contributed by atoms with Crippen LogP contribution in [0.1, 0.15) is 50.1 Å². The van der Waals surface area contributed by atoms with Crippen molar-refractivity contribution in [3.63, 3.8) is 0 Å². The minimum absolute atomic E-state index is 0.168. The molecule has 5 nitrogen and oxygen atoms in total. The summed E-state index contributed by atoms with van der Waals surface area (Å²) in [6.45, 7) is 8.09. The molecule has 2 aromatic rings. The number of carbonyl (C=O) groups is 1. The minimum Gasteiger partial charge on any atom is -0.355 e. The molecule has 0 aliphatic heterocycles. The van der Waals surface area contributed by atoms with Crippen molar-refractivity contribution < 1.29 is 4.79 Å². The van der Waals surface area contributed by atoms with Crippen LogP contribution in [-0.2, 0) is 23.2 Å². The summed E-state index contributed by atoms with van der Waals surface area (Å²) >= 11 is 1.63. The molecule has 3 rings (SSSR count).